The van der Waals surface area contributed by atoms with Crippen LogP contribution in [0.25, 0.3) is 11.4 Å². The van der Waals surface area contributed by atoms with Crippen molar-refractivity contribution < 1.29 is 9.63 Å². The molecule has 2 heterocycles. The van der Waals surface area contributed by atoms with Crippen LogP contribution in [0.3, 0.4) is 0 Å². The van der Waals surface area contributed by atoms with Crippen molar-refractivity contribution in [3.8, 4) is 11.4 Å². The second kappa shape index (κ2) is 8.50. The number of aliphatic hydroxyl groups is 1. The Morgan fingerprint density at radius 3 is 2.68 bits per heavy atom. The van der Waals surface area contributed by atoms with Crippen LogP contribution in [0, 0.1) is 0 Å². The van der Waals surface area contributed by atoms with Crippen molar-refractivity contribution in [3.05, 3.63) is 66.3 Å². The van der Waals surface area contributed by atoms with Crippen molar-refractivity contribution in [2.45, 2.75) is 32.5 Å². The van der Waals surface area contributed by atoms with Crippen LogP contribution in [-0.4, -0.2) is 37.8 Å². The van der Waals surface area contributed by atoms with Crippen LogP contribution >= 0.6 is 0 Å². The Balaban J connectivity index is 1.74. The van der Waals surface area contributed by atoms with E-state index in [2.05, 4.69) is 39.1 Å². The van der Waals surface area contributed by atoms with Crippen LogP contribution in [0.5, 0.6) is 0 Å². The SMILES string of the molecule is CC(CCO)N(Cc1ccccc1)Cc1nc(-c2cccnc2)no1. The van der Waals surface area contributed by atoms with E-state index >= 15 is 0 Å². The minimum atomic E-state index is 0.150. The van der Waals surface area contributed by atoms with Crippen LogP contribution in [0.15, 0.2) is 59.4 Å². The van der Waals surface area contributed by atoms with Gasteiger partial charge in [0.1, 0.15) is 0 Å². The van der Waals surface area contributed by atoms with Gasteiger partial charge in [-0.1, -0.05) is 35.5 Å². The van der Waals surface area contributed by atoms with E-state index in [9.17, 15) is 5.11 Å². The number of aromatic nitrogens is 3. The predicted molar refractivity (Wildman–Crippen MR) is 94.4 cm³/mol. The summed E-state index contributed by atoms with van der Waals surface area (Å²) >= 11 is 0. The van der Waals surface area contributed by atoms with Gasteiger partial charge >= 0.3 is 0 Å². The molecule has 0 bridgehead atoms. The van der Waals surface area contributed by atoms with E-state index in [1.807, 2.05) is 30.3 Å². The highest BCUT2D eigenvalue weighted by atomic mass is 16.5. The number of benzene rings is 1. The van der Waals surface area contributed by atoms with E-state index in [0.29, 0.717) is 24.7 Å². The molecule has 0 fully saturated rings. The summed E-state index contributed by atoms with van der Waals surface area (Å²) in [5, 5.41) is 13.3. The molecular formula is C19H22N4O2. The summed E-state index contributed by atoms with van der Waals surface area (Å²) < 4.78 is 5.42. The molecule has 0 saturated carbocycles. The average Bonchev–Trinajstić information content (AvgIpc) is 3.12. The summed E-state index contributed by atoms with van der Waals surface area (Å²) in [5.41, 5.74) is 2.04. The van der Waals surface area contributed by atoms with Crippen molar-refractivity contribution in [2.24, 2.45) is 0 Å². The van der Waals surface area contributed by atoms with Crippen molar-refractivity contribution in [3.63, 3.8) is 0 Å². The van der Waals surface area contributed by atoms with Crippen molar-refractivity contribution in [1.29, 1.82) is 0 Å². The lowest BCUT2D eigenvalue weighted by Gasteiger charge is -2.27. The largest absolute Gasteiger partial charge is 0.396 e. The summed E-state index contributed by atoms with van der Waals surface area (Å²) in [7, 11) is 0. The molecule has 130 valence electrons. The second-order valence-corrected chi connectivity index (χ2v) is 6.01. The Morgan fingerprint density at radius 1 is 1.12 bits per heavy atom. The molecule has 2 aromatic heterocycles. The number of hydrogen-bond donors (Lipinski definition) is 1. The summed E-state index contributed by atoms with van der Waals surface area (Å²) in [5.74, 6) is 1.09. The fraction of sp³-hybridized carbons (Fsp3) is 0.316. The highest BCUT2D eigenvalue weighted by Gasteiger charge is 2.18. The van der Waals surface area contributed by atoms with Crippen molar-refractivity contribution in [1.82, 2.24) is 20.0 Å². The lowest BCUT2D eigenvalue weighted by molar-refractivity contribution is 0.137. The van der Waals surface area contributed by atoms with Crippen LogP contribution < -0.4 is 0 Å². The molecule has 0 amide bonds. The lowest BCUT2D eigenvalue weighted by atomic mass is 10.1. The van der Waals surface area contributed by atoms with Gasteiger partial charge < -0.3 is 9.63 Å². The highest BCUT2D eigenvalue weighted by Crippen LogP contribution is 2.17. The van der Waals surface area contributed by atoms with Gasteiger partial charge in [-0.05, 0) is 31.0 Å². The van der Waals surface area contributed by atoms with Crippen molar-refractivity contribution in [2.75, 3.05) is 6.61 Å². The number of rotatable bonds is 8. The fourth-order valence-corrected chi connectivity index (χ4v) is 2.66. The topological polar surface area (TPSA) is 75.3 Å². The Labute approximate surface area is 147 Å². The first-order valence-corrected chi connectivity index (χ1v) is 8.38. The maximum absolute atomic E-state index is 9.29. The highest BCUT2D eigenvalue weighted by molar-refractivity contribution is 5.51. The van der Waals surface area contributed by atoms with E-state index in [0.717, 1.165) is 12.1 Å². The smallest absolute Gasteiger partial charge is 0.241 e. The van der Waals surface area contributed by atoms with Gasteiger partial charge in [0.25, 0.3) is 0 Å². The Kier molecular flexibility index (Phi) is 5.87. The van der Waals surface area contributed by atoms with E-state index in [4.69, 9.17) is 4.52 Å². The van der Waals surface area contributed by atoms with Crippen LogP contribution in [0.2, 0.25) is 0 Å². The molecule has 0 aliphatic carbocycles. The summed E-state index contributed by atoms with van der Waals surface area (Å²) in [4.78, 5) is 10.8. The Hall–Kier alpha value is -2.57. The van der Waals surface area contributed by atoms with E-state index in [1.54, 1.807) is 12.4 Å². The zero-order valence-electron chi connectivity index (χ0n) is 14.2. The molecule has 1 N–H and O–H groups in total. The van der Waals surface area contributed by atoms with Gasteiger partial charge in [0.2, 0.25) is 11.7 Å². The van der Waals surface area contributed by atoms with Crippen LogP contribution in [0.1, 0.15) is 24.8 Å². The third kappa shape index (κ3) is 4.71. The number of pyridine rings is 1. The molecule has 3 rings (SSSR count). The number of nitrogens with zero attached hydrogens (tertiary/aromatic N) is 4. The normalized spacial score (nSPS) is 12.4. The predicted octanol–water partition coefficient (Wildman–Crippen LogP) is 2.90. The summed E-state index contributed by atoms with van der Waals surface area (Å²) in [6.45, 7) is 3.53. The van der Waals surface area contributed by atoms with Gasteiger partial charge in [-0.3, -0.25) is 9.88 Å². The van der Waals surface area contributed by atoms with Gasteiger partial charge in [0.05, 0.1) is 6.54 Å². The van der Waals surface area contributed by atoms with Gasteiger partial charge in [-0.2, -0.15) is 4.98 Å². The molecule has 1 aromatic carbocycles. The van der Waals surface area contributed by atoms with Gasteiger partial charge in [0, 0.05) is 37.2 Å². The third-order valence-corrected chi connectivity index (χ3v) is 4.12. The average molecular weight is 338 g/mol. The second-order valence-electron chi connectivity index (χ2n) is 6.01. The Morgan fingerprint density at radius 2 is 1.96 bits per heavy atom. The molecule has 3 aromatic rings. The first kappa shape index (κ1) is 17.3. The monoisotopic (exact) mass is 338 g/mol. The molecular weight excluding hydrogens is 316 g/mol. The Bertz CT molecular complexity index is 761. The zero-order valence-corrected chi connectivity index (χ0v) is 14.2. The molecule has 0 aliphatic rings. The maximum Gasteiger partial charge on any atom is 0.241 e. The molecule has 6 heteroatoms. The van der Waals surface area contributed by atoms with Gasteiger partial charge in [-0.25, -0.2) is 0 Å². The molecule has 6 nitrogen and oxygen atoms in total. The zero-order chi connectivity index (χ0) is 17.5. The molecule has 0 radical (unpaired) electrons. The third-order valence-electron chi connectivity index (χ3n) is 4.12. The first-order valence-electron chi connectivity index (χ1n) is 8.38. The van der Waals surface area contributed by atoms with Crippen molar-refractivity contribution >= 4 is 0 Å². The quantitative estimate of drug-likeness (QED) is 0.681. The molecule has 0 aliphatic heterocycles. The molecule has 1 unspecified atom stereocenters. The molecule has 0 saturated heterocycles. The minimum Gasteiger partial charge on any atom is -0.396 e. The number of hydrogen-bond acceptors (Lipinski definition) is 6. The first-order chi connectivity index (χ1) is 12.3. The van der Waals surface area contributed by atoms with E-state index in [-0.39, 0.29) is 12.6 Å². The lowest BCUT2D eigenvalue weighted by Crippen LogP contribution is -2.33. The molecule has 1 atom stereocenters. The standard InChI is InChI=1S/C19H22N4O2/c1-15(9-11-24)23(13-16-6-3-2-4-7-16)14-18-21-19(22-25-18)17-8-5-10-20-12-17/h2-8,10,12,15,24H,9,11,13-14H2,1H3. The molecule has 0 spiro atoms. The molecule has 25 heavy (non-hydrogen) atoms. The maximum atomic E-state index is 9.29. The minimum absolute atomic E-state index is 0.150. The number of aliphatic hydroxyl groups excluding tert-OH is 1. The van der Waals surface area contributed by atoms with E-state index in [1.165, 1.54) is 5.56 Å². The van der Waals surface area contributed by atoms with Crippen LogP contribution in [0.4, 0.5) is 0 Å². The fourth-order valence-electron chi connectivity index (χ4n) is 2.66. The van der Waals surface area contributed by atoms with Crippen LogP contribution in [-0.2, 0) is 13.1 Å². The summed E-state index contributed by atoms with van der Waals surface area (Å²) in [6, 6.07) is 14.2. The van der Waals surface area contributed by atoms with E-state index < -0.39 is 0 Å². The van der Waals surface area contributed by atoms with Gasteiger partial charge in [-0.15, -0.1) is 0 Å². The van der Waals surface area contributed by atoms with Gasteiger partial charge in [0.15, 0.2) is 0 Å². The summed E-state index contributed by atoms with van der Waals surface area (Å²) in [6.07, 6.45) is 4.11.